The van der Waals surface area contributed by atoms with Gasteiger partial charge in [0.25, 0.3) is 0 Å². The van der Waals surface area contributed by atoms with E-state index in [4.69, 9.17) is 11.6 Å². The van der Waals surface area contributed by atoms with Crippen molar-refractivity contribution in [1.82, 2.24) is 15.1 Å². The minimum atomic E-state index is -0.0180. The monoisotopic (exact) mass is 342 g/mol. The summed E-state index contributed by atoms with van der Waals surface area (Å²) in [5, 5.41) is 11.6. The van der Waals surface area contributed by atoms with Crippen molar-refractivity contribution in [2.24, 2.45) is 5.92 Å². The lowest BCUT2D eigenvalue weighted by Gasteiger charge is -2.54. The highest BCUT2D eigenvalue weighted by atomic mass is 35.5. The Morgan fingerprint density at radius 2 is 2.04 bits per heavy atom. The van der Waals surface area contributed by atoms with E-state index in [0.29, 0.717) is 22.8 Å². The largest absolute Gasteiger partial charge is 0.322 e. The number of nitrogens with one attached hydrogen (secondary N) is 1. The maximum atomic E-state index is 12.6. The molecular weight excluding hydrogens is 324 g/mol. The van der Waals surface area contributed by atoms with Crippen LogP contribution in [0.4, 0.5) is 10.5 Å². The molecule has 2 bridgehead atoms. The summed E-state index contributed by atoms with van der Waals surface area (Å²) in [5.74, 6) is 0.719. The minimum Gasteiger partial charge on any atom is -0.318 e. The molecule has 2 amide bonds. The van der Waals surface area contributed by atoms with E-state index in [-0.39, 0.29) is 6.03 Å². The number of anilines is 1. The molecule has 2 aliphatic heterocycles. The Hall–Kier alpha value is -2.14. The zero-order valence-electron chi connectivity index (χ0n) is 13.4. The molecule has 1 aromatic heterocycles. The number of urea groups is 1. The number of nitrogens with zero attached hydrogens (tertiary/aromatic N) is 3. The van der Waals surface area contributed by atoms with E-state index in [1.807, 2.05) is 29.2 Å². The van der Waals surface area contributed by atoms with Gasteiger partial charge in [-0.05, 0) is 55.5 Å². The number of rotatable bonds is 2. The van der Waals surface area contributed by atoms with Crippen LogP contribution in [0.3, 0.4) is 0 Å². The molecule has 2 aromatic rings. The number of aromatic nitrogens is 2. The molecule has 3 aliphatic rings. The smallest absolute Gasteiger partial charge is 0.318 e. The van der Waals surface area contributed by atoms with Gasteiger partial charge in [-0.2, -0.15) is 10.2 Å². The highest BCUT2D eigenvalue weighted by molar-refractivity contribution is 6.33. The third kappa shape index (κ3) is 2.73. The summed E-state index contributed by atoms with van der Waals surface area (Å²) in [5.41, 5.74) is 2.18. The van der Waals surface area contributed by atoms with E-state index in [2.05, 4.69) is 22.4 Å². The van der Waals surface area contributed by atoms with Gasteiger partial charge in [-0.3, -0.25) is 0 Å². The van der Waals surface area contributed by atoms with E-state index < -0.39 is 0 Å². The molecule has 1 N–H and O–H groups in total. The fourth-order valence-electron chi connectivity index (χ4n) is 3.91. The number of fused-ring (bicyclic) bond motifs is 2. The van der Waals surface area contributed by atoms with E-state index >= 15 is 0 Å². The number of piperidine rings is 1. The summed E-state index contributed by atoms with van der Waals surface area (Å²) in [4.78, 5) is 14.6. The van der Waals surface area contributed by atoms with Gasteiger partial charge in [-0.25, -0.2) is 4.79 Å². The van der Waals surface area contributed by atoms with Crippen LogP contribution >= 0.6 is 11.6 Å². The molecule has 0 radical (unpaired) electrons. The first kappa shape index (κ1) is 15.4. The molecule has 6 heteroatoms. The van der Waals surface area contributed by atoms with Crippen LogP contribution in [0, 0.1) is 5.92 Å². The topological polar surface area (TPSA) is 58.1 Å². The second kappa shape index (κ2) is 6.06. The zero-order chi connectivity index (χ0) is 16.7. The first-order valence-corrected chi connectivity index (χ1v) is 8.66. The van der Waals surface area contributed by atoms with Crippen LogP contribution in [0.15, 0.2) is 36.5 Å². The third-order valence-electron chi connectivity index (χ3n) is 4.98. The minimum absolute atomic E-state index is 0.0180. The first-order valence-electron chi connectivity index (χ1n) is 8.29. The Morgan fingerprint density at radius 3 is 2.75 bits per heavy atom. The molecule has 1 saturated carbocycles. The lowest BCUT2D eigenvalue weighted by atomic mass is 9.74. The lowest BCUT2D eigenvalue weighted by molar-refractivity contribution is -0.00600. The highest BCUT2D eigenvalue weighted by Crippen LogP contribution is 2.41. The molecule has 2 atom stereocenters. The van der Waals surface area contributed by atoms with E-state index in [0.717, 1.165) is 36.4 Å². The van der Waals surface area contributed by atoms with Crippen molar-refractivity contribution in [3.63, 3.8) is 0 Å². The lowest BCUT2D eigenvalue weighted by Crippen LogP contribution is -2.63. The first-order chi connectivity index (χ1) is 11.6. The molecule has 24 heavy (non-hydrogen) atoms. The number of carbonyl (C=O) groups excluding carboxylic acids is 1. The van der Waals surface area contributed by atoms with E-state index in [9.17, 15) is 4.79 Å². The summed E-state index contributed by atoms with van der Waals surface area (Å²) in [6, 6.07) is 9.88. The fourth-order valence-corrected chi connectivity index (χ4v) is 4.12. The van der Waals surface area contributed by atoms with Crippen molar-refractivity contribution in [3.05, 3.63) is 41.6 Å². The summed E-state index contributed by atoms with van der Waals surface area (Å²) >= 11 is 6.27. The molecular formula is C18H19ClN4O. The van der Waals surface area contributed by atoms with Gasteiger partial charge < -0.3 is 10.2 Å². The number of benzene rings is 1. The molecule has 5 nitrogen and oxygen atoms in total. The number of hydrogen-bond acceptors (Lipinski definition) is 3. The summed E-state index contributed by atoms with van der Waals surface area (Å²) in [6.07, 6.45) is 4.97. The Balaban J connectivity index is 1.52. The quantitative estimate of drug-likeness (QED) is 0.889. The maximum Gasteiger partial charge on any atom is 0.322 e. The summed E-state index contributed by atoms with van der Waals surface area (Å²) < 4.78 is 0. The molecule has 1 aromatic carbocycles. The second-order valence-electron chi connectivity index (χ2n) is 6.76. The van der Waals surface area contributed by atoms with E-state index in [1.54, 1.807) is 12.3 Å². The van der Waals surface area contributed by atoms with Crippen molar-refractivity contribution in [2.75, 3.05) is 5.32 Å². The molecule has 5 rings (SSSR count). The van der Waals surface area contributed by atoms with Gasteiger partial charge in [-0.1, -0.05) is 18.5 Å². The van der Waals surface area contributed by atoms with Gasteiger partial charge in [0.05, 0.1) is 10.7 Å². The van der Waals surface area contributed by atoms with Crippen LogP contribution in [0.1, 0.15) is 26.2 Å². The summed E-state index contributed by atoms with van der Waals surface area (Å²) in [6.45, 7) is 2.26. The van der Waals surface area contributed by atoms with Gasteiger partial charge in [0.2, 0.25) is 0 Å². The second-order valence-corrected chi connectivity index (χ2v) is 7.17. The molecule has 3 heterocycles. The van der Waals surface area contributed by atoms with Crippen LogP contribution in [0.25, 0.3) is 11.3 Å². The number of carbonyl (C=O) groups is 1. The molecule has 2 saturated heterocycles. The SMILES string of the molecule is CC1CC2CC(C1)N2C(=O)Nc1ccc(Cl)c(-c2cccnn2)c1. The number of halogens is 1. The van der Waals surface area contributed by atoms with Crippen molar-refractivity contribution in [3.8, 4) is 11.3 Å². The van der Waals surface area contributed by atoms with Crippen molar-refractivity contribution in [1.29, 1.82) is 0 Å². The van der Waals surface area contributed by atoms with Gasteiger partial charge >= 0.3 is 6.03 Å². The van der Waals surface area contributed by atoms with Crippen molar-refractivity contribution < 1.29 is 4.79 Å². The molecule has 124 valence electrons. The van der Waals surface area contributed by atoms with E-state index in [1.165, 1.54) is 0 Å². The highest BCUT2D eigenvalue weighted by Gasteiger charge is 2.46. The predicted octanol–water partition coefficient (Wildman–Crippen LogP) is 4.20. The van der Waals surface area contributed by atoms with Crippen LogP contribution < -0.4 is 5.32 Å². The van der Waals surface area contributed by atoms with Gasteiger partial charge in [-0.15, -0.1) is 0 Å². The molecule has 3 fully saturated rings. The Kier molecular flexibility index (Phi) is 3.88. The Labute approximate surface area is 146 Å². The molecule has 1 aliphatic carbocycles. The maximum absolute atomic E-state index is 12.6. The van der Waals surface area contributed by atoms with Crippen LogP contribution in [-0.2, 0) is 0 Å². The number of hydrogen-bond donors (Lipinski definition) is 1. The average molecular weight is 343 g/mol. The molecule has 2 unspecified atom stereocenters. The standard InChI is InChI=1S/C18H19ClN4O/c1-11-7-13-10-14(8-11)23(13)18(24)21-12-4-5-16(19)15(9-12)17-3-2-6-20-22-17/h2-6,9,11,13-14H,7-8,10H2,1H3,(H,21,24). The van der Waals surface area contributed by atoms with Gasteiger partial charge in [0, 0.05) is 29.5 Å². The number of amides is 2. The Bertz CT molecular complexity index is 755. The zero-order valence-corrected chi connectivity index (χ0v) is 14.2. The van der Waals surface area contributed by atoms with Crippen LogP contribution in [-0.4, -0.2) is 33.2 Å². The van der Waals surface area contributed by atoms with Crippen LogP contribution in [0.2, 0.25) is 5.02 Å². The van der Waals surface area contributed by atoms with Crippen LogP contribution in [0.5, 0.6) is 0 Å². The average Bonchev–Trinajstić information content (AvgIpc) is 2.57. The van der Waals surface area contributed by atoms with Gasteiger partial charge in [0.1, 0.15) is 0 Å². The fraction of sp³-hybridized carbons (Fsp3) is 0.389. The summed E-state index contributed by atoms with van der Waals surface area (Å²) in [7, 11) is 0. The normalized spacial score (nSPS) is 25.1. The molecule has 0 spiro atoms. The predicted molar refractivity (Wildman–Crippen MR) is 93.9 cm³/mol. The Morgan fingerprint density at radius 1 is 1.25 bits per heavy atom. The van der Waals surface area contributed by atoms with Crippen molar-refractivity contribution >= 4 is 23.3 Å². The van der Waals surface area contributed by atoms with Crippen molar-refractivity contribution in [2.45, 2.75) is 38.3 Å². The van der Waals surface area contributed by atoms with Gasteiger partial charge in [0.15, 0.2) is 0 Å². The third-order valence-corrected chi connectivity index (χ3v) is 5.31.